The molecule has 0 rings (SSSR count). The quantitative estimate of drug-likeness (QED) is 0.429. The first-order valence-corrected chi connectivity index (χ1v) is 2.27. The summed E-state index contributed by atoms with van der Waals surface area (Å²) in [7, 11) is 0. The van der Waals surface area contributed by atoms with Crippen molar-refractivity contribution in [1.82, 2.24) is 5.32 Å². The van der Waals surface area contributed by atoms with Gasteiger partial charge >= 0.3 is 11.9 Å². The van der Waals surface area contributed by atoms with Crippen LogP contribution in [-0.4, -0.2) is 52.6 Å². The largest absolute Gasteiger partial charge is 0.480 e. The molecule has 0 aliphatic carbocycles. The van der Waals surface area contributed by atoms with Crippen LogP contribution in [0.5, 0.6) is 0 Å². The Balaban J connectivity index is 0. The lowest BCUT2D eigenvalue weighted by molar-refractivity contribution is -0.137. The fraction of sp³-hybridized carbons (Fsp3) is 0.500. The summed E-state index contributed by atoms with van der Waals surface area (Å²) in [4.78, 5) is 19.5. The van der Waals surface area contributed by atoms with Gasteiger partial charge in [-0.15, -0.1) is 0 Å². The highest BCUT2D eigenvalue weighted by molar-refractivity contribution is 5.75. The Morgan fingerprint density at radius 1 is 1.10 bits per heavy atom. The fourth-order valence-corrected chi connectivity index (χ4v) is 0.276. The van der Waals surface area contributed by atoms with Crippen molar-refractivity contribution < 1.29 is 19.8 Å². The smallest absolute Gasteiger partial charge is 0.317 e. The van der Waals surface area contributed by atoms with Gasteiger partial charge in [-0.2, -0.15) is 0 Å². The number of rotatable bonds is 4. The van der Waals surface area contributed by atoms with Crippen molar-refractivity contribution in [1.29, 1.82) is 0 Å². The highest BCUT2D eigenvalue weighted by atomic mass is 27.0. The Kier molecular flexibility index (Phi) is 7.95. The van der Waals surface area contributed by atoms with Crippen LogP contribution in [0, 0.1) is 0 Å². The van der Waals surface area contributed by atoms with E-state index in [4.69, 9.17) is 10.2 Å². The van der Waals surface area contributed by atoms with Gasteiger partial charge in [0, 0.05) is 17.4 Å². The first kappa shape index (κ1) is 12.1. The summed E-state index contributed by atoms with van der Waals surface area (Å²) in [5.41, 5.74) is 0. The Hall–Kier alpha value is -0.568. The lowest BCUT2D eigenvalue weighted by Crippen LogP contribution is -2.27. The predicted molar refractivity (Wildman–Crippen MR) is 33.9 cm³/mol. The Morgan fingerprint density at radius 2 is 1.40 bits per heavy atom. The van der Waals surface area contributed by atoms with Gasteiger partial charge in [0.1, 0.15) is 0 Å². The molecule has 5 nitrogen and oxygen atoms in total. The summed E-state index contributed by atoms with van der Waals surface area (Å²) in [5.74, 6) is -2.12. The van der Waals surface area contributed by atoms with E-state index in [2.05, 4.69) is 5.32 Å². The van der Waals surface area contributed by atoms with Crippen LogP contribution in [0.3, 0.4) is 0 Å². The molecule has 10 heavy (non-hydrogen) atoms. The van der Waals surface area contributed by atoms with Crippen LogP contribution >= 0.6 is 0 Å². The van der Waals surface area contributed by atoms with Crippen LogP contribution in [0.1, 0.15) is 0 Å². The van der Waals surface area contributed by atoms with Gasteiger partial charge in [0.15, 0.2) is 0 Å². The van der Waals surface area contributed by atoms with Crippen LogP contribution in [0.2, 0.25) is 0 Å². The molecule has 0 bridgehead atoms. The van der Waals surface area contributed by atoms with Crippen LogP contribution in [0.15, 0.2) is 0 Å². The van der Waals surface area contributed by atoms with Crippen LogP contribution in [-0.2, 0) is 9.59 Å². The van der Waals surface area contributed by atoms with E-state index in [1.54, 1.807) is 0 Å². The number of carboxylic acids is 2. The maximum Gasteiger partial charge on any atom is 0.317 e. The number of aliphatic carboxylic acids is 2. The van der Waals surface area contributed by atoms with Crippen molar-refractivity contribution in [2.75, 3.05) is 13.1 Å². The fourth-order valence-electron chi connectivity index (χ4n) is 0.276. The number of hydrogen-bond donors (Lipinski definition) is 3. The monoisotopic (exact) mass is 160 g/mol. The molecule has 0 aromatic rings. The van der Waals surface area contributed by atoms with Crippen molar-refractivity contribution in [2.45, 2.75) is 0 Å². The molecule has 0 aromatic carbocycles. The average molecular weight is 160 g/mol. The molecule has 6 heteroatoms. The van der Waals surface area contributed by atoms with Gasteiger partial charge in [0.25, 0.3) is 0 Å². The Morgan fingerprint density at radius 3 is 1.60 bits per heavy atom. The highest BCUT2D eigenvalue weighted by Crippen LogP contribution is 1.61. The van der Waals surface area contributed by atoms with Gasteiger partial charge in [0.05, 0.1) is 13.1 Å². The SMILES string of the molecule is O=C(O)CNCC(=O)O.[Al]. The molecule has 0 unspecified atom stereocenters. The molecule has 0 aliphatic rings. The maximum absolute atomic E-state index is 9.73. The lowest BCUT2D eigenvalue weighted by atomic mass is 10.6. The lowest BCUT2D eigenvalue weighted by Gasteiger charge is -1.93. The topological polar surface area (TPSA) is 86.6 Å². The molecule has 3 radical (unpaired) electrons. The molecule has 0 spiro atoms. The highest BCUT2D eigenvalue weighted by Gasteiger charge is 1.97. The van der Waals surface area contributed by atoms with E-state index >= 15 is 0 Å². The zero-order valence-electron chi connectivity index (χ0n) is 5.20. The number of hydrogen-bond acceptors (Lipinski definition) is 3. The molecule has 3 N–H and O–H groups in total. The van der Waals surface area contributed by atoms with Crippen LogP contribution < -0.4 is 5.32 Å². The molecule has 0 saturated heterocycles. The third kappa shape index (κ3) is 10.4. The zero-order chi connectivity index (χ0) is 7.28. The number of carbonyl (C=O) groups is 2. The van der Waals surface area contributed by atoms with Crippen molar-refractivity contribution in [3.63, 3.8) is 0 Å². The summed E-state index contributed by atoms with van der Waals surface area (Å²) in [6.45, 7) is -0.626. The van der Waals surface area contributed by atoms with Gasteiger partial charge in [-0.1, -0.05) is 0 Å². The number of carboxylic acid groups (broad SMARTS) is 2. The molecule has 0 saturated carbocycles. The van der Waals surface area contributed by atoms with E-state index in [0.717, 1.165) is 0 Å². The molecule has 0 aliphatic heterocycles. The van der Waals surface area contributed by atoms with Crippen LogP contribution in [0.4, 0.5) is 0 Å². The van der Waals surface area contributed by atoms with E-state index < -0.39 is 11.9 Å². The second kappa shape index (κ2) is 6.55. The molecular weight excluding hydrogens is 153 g/mol. The molecule has 0 heterocycles. The minimum Gasteiger partial charge on any atom is -0.480 e. The number of nitrogens with one attached hydrogen (secondary N) is 1. The van der Waals surface area contributed by atoms with Crippen LogP contribution in [0.25, 0.3) is 0 Å². The van der Waals surface area contributed by atoms with E-state index in [0.29, 0.717) is 0 Å². The van der Waals surface area contributed by atoms with Gasteiger partial charge < -0.3 is 10.2 Å². The molecular formula is C4H7AlNO4. The summed E-state index contributed by atoms with van der Waals surface area (Å²) in [6.07, 6.45) is 0. The van der Waals surface area contributed by atoms with E-state index in [1.807, 2.05) is 0 Å². The second-order valence-corrected chi connectivity index (χ2v) is 1.39. The third-order valence-corrected chi connectivity index (χ3v) is 0.552. The van der Waals surface area contributed by atoms with E-state index in [-0.39, 0.29) is 30.5 Å². The first-order chi connectivity index (χ1) is 4.13. The maximum atomic E-state index is 9.73. The standard InChI is InChI=1S/C4H7NO4.Al/c6-3(7)1-5-2-4(8)9;/h5H,1-2H2,(H,6,7)(H,8,9);. The van der Waals surface area contributed by atoms with Crippen molar-refractivity contribution in [3.05, 3.63) is 0 Å². The van der Waals surface area contributed by atoms with Crippen molar-refractivity contribution >= 4 is 29.3 Å². The molecule has 0 aromatic heterocycles. The molecule has 55 valence electrons. The third-order valence-electron chi connectivity index (χ3n) is 0.552. The zero-order valence-corrected chi connectivity index (χ0v) is 6.36. The summed E-state index contributed by atoms with van der Waals surface area (Å²) < 4.78 is 0. The van der Waals surface area contributed by atoms with Gasteiger partial charge in [0.2, 0.25) is 0 Å². The summed E-state index contributed by atoms with van der Waals surface area (Å²) in [6, 6.07) is 0. The van der Waals surface area contributed by atoms with E-state index in [1.165, 1.54) is 0 Å². The van der Waals surface area contributed by atoms with E-state index in [9.17, 15) is 9.59 Å². The molecule has 0 fully saturated rings. The van der Waals surface area contributed by atoms with Gasteiger partial charge in [-0.25, -0.2) is 0 Å². The minimum atomic E-state index is -1.06. The Bertz CT molecular complexity index is 112. The molecule has 0 amide bonds. The normalized spacial score (nSPS) is 8.00. The second-order valence-electron chi connectivity index (χ2n) is 1.39. The summed E-state index contributed by atoms with van der Waals surface area (Å²) >= 11 is 0. The molecule has 0 atom stereocenters. The minimum absolute atomic E-state index is 0. The predicted octanol–water partition coefficient (Wildman–Crippen LogP) is -1.64. The van der Waals surface area contributed by atoms with Gasteiger partial charge in [-0.3, -0.25) is 14.9 Å². The van der Waals surface area contributed by atoms with Gasteiger partial charge in [-0.05, 0) is 0 Å². The summed E-state index contributed by atoms with van der Waals surface area (Å²) in [5, 5.41) is 18.1. The van der Waals surface area contributed by atoms with Crippen molar-refractivity contribution in [2.24, 2.45) is 0 Å². The first-order valence-electron chi connectivity index (χ1n) is 2.27. The Labute approximate surface area is 68.2 Å². The van der Waals surface area contributed by atoms with Crippen molar-refractivity contribution in [3.8, 4) is 0 Å². The average Bonchev–Trinajstić information content (AvgIpc) is 1.63.